The molecule has 1 aliphatic rings. The van der Waals surface area contributed by atoms with Crippen molar-refractivity contribution in [3.05, 3.63) is 12.2 Å². The molecular weight excluding hydrogens is 134 g/mol. The molecule has 4 nitrogen and oxygen atoms in total. The third kappa shape index (κ3) is 1.22. The summed E-state index contributed by atoms with van der Waals surface area (Å²) in [5, 5.41) is 8.85. The van der Waals surface area contributed by atoms with Gasteiger partial charge >= 0.3 is 0 Å². The standard InChI is InChI=1S/C6H7NO3/c8-5-3-1-2-4-6(9)7(5)10/h1,3,10H,2,4H2. The molecule has 0 atom stereocenters. The molecule has 0 aromatic rings. The number of amides is 2. The molecule has 4 heteroatoms. The van der Waals surface area contributed by atoms with Crippen molar-refractivity contribution in [3.63, 3.8) is 0 Å². The lowest BCUT2D eigenvalue weighted by Gasteiger charge is -2.06. The number of imide groups is 1. The van der Waals surface area contributed by atoms with Crippen molar-refractivity contribution in [1.29, 1.82) is 0 Å². The van der Waals surface area contributed by atoms with E-state index in [-0.39, 0.29) is 11.5 Å². The van der Waals surface area contributed by atoms with E-state index in [2.05, 4.69) is 0 Å². The maximum absolute atomic E-state index is 10.6. The Hall–Kier alpha value is -1.16. The number of carbonyl (C=O) groups is 2. The van der Waals surface area contributed by atoms with E-state index in [9.17, 15) is 9.59 Å². The van der Waals surface area contributed by atoms with E-state index < -0.39 is 11.8 Å². The molecule has 1 heterocycles. The Kier molecular flexibility index (Phi) is 1.82. The summed E-state index contributed by atoms with van der Waals surface area (Å²) in [7, 11) is 0. The van der Waals surface area contributed by atoms with Gasteiger partial charge in [-0.2, -0.15) is 5.06 Å². The van der Waals surface area contributed by atoms with Crippen molar-refractivity contribution in [1.82, 2.24) is 5.06 Å². The highest BCUT2D eigenvalue weighted by atomic mass is 16.5. The van der Waals surface area contributed by atoms with Gasteiger partial charge in [0.05, 0.1) is 0 Å². The summed E-state index contributed by atoms with van der Waals surface area (Å²) in [6.45, 7) is 0. The highest BCUT2D eigenvalue weighted by Crippen LogP contribution is 2.02. The van der Waals surface area contributed by atoms with Crippen molar-refractivity contribution in [3.8, 4) is 0 Å². The van der Waals surface area contributed by atoms with Gasteiger partial charge < -0.3 is 0 Å². The smallest absolute Gasteiger partial charge is 0.276 e. The minimum absolute atomic E-state index is 0.142. The molecule has 2 amide bonds. The van der Waals surface area contributed by atoms with Gasteiger partial charge in [0.1, 0.15) is 0 Å². The van der Waals surface area contributed by atoms with Crippen LogP contribution in [-0.4, -0.2) is 22.1 Å². The van der Waals surface area contributed by atoms with E-state index in [0.29, 0.717) is 6.42 Å². The number of hydrogen-bond acceptors (Lipinski definition) is 3. The SMILES string of the molecule is O=C1C=CCCC(=O)N1O. The normalized spacial score (nSPS) is 19.5. The molecule has 54 valence electrons. The second kappa shape index (κ2) is 2.62. The molecule has 0 saturated heterocycles. The van der Waals surface area contributed by atoms with Gasteiger partial charge in [-0.3, -0.25) is 14.8 Å². The van der Waals surface area contributed by atoms with E-state index in [1.807, 2.05) is 0 Å². The molecule has 1 rings (SSSR count). The molecule has 0 radical (unpaired) electrons. The summed E-state index contributed by atoms with van der Waals surface area (Å²) >= 11 is 0. The third-order valence-electron chi connectivity index (χ3n) is 1.23. The van der Waals surface area contributed by atoms with E-state index in [4.69, 9.17) is 5.21 Å². The summed E-state index contributed by atoms with van der Waals surface area (Å²) in [6, 6.07) is 0. The van der Waals surface area contributed by atoms with Gasteiger partial charge in [0.25, 0.3) is 11.8 Å². The monoisotopic (exact) mass is 141 g/mol. The largest absolute Gasteiger partial charge is 0.278 e. The van der Waals surface area contributed by atoms with Gasteiger partial charge in [0, 0.05) is 12.5 Å². The molecule has 0 fully saturated rings. The molecule has 0 saturated carbocycles. The molecule has 10 heavy (non-hydrogen) atoms. The van der Waals surface area contributed by atoms with E-state index in [1.165, 1.54) is 6.08 Å². The fraction of sp³-hybridized carbons (Fsp3) is 0.333. The highest BCUT2D eigenvalue weighted by Gasteiger charge is 2.17. The molecule has 0 aromatic carbocycles. The number of carbonyl (C=O) groups excluding carboxylic acids is 2. The van der Waals surface area contributed by atoms with Gasteiger partial charge in [-0.05, 0) is 6.42 Å². The Morgan fingerprint density at radius 3 is 2.90 bits per heavy atom. The average Bonchev–Trinajstić information content (AvgIpc) is 2.04. The zero-order valence-electron chi connectivity index (χ0n) is 5.28. The van der Waals surface area contributed by atoms with Crippen LogP contribution in [0.1, 0.15) is 12.8 Å². The van der Waals surface area contributed by atoms with Gasteiger partial charge in [0.15, 0.2) is 0 Å². The van der Waals surface area contributed by atoms with Crippen LogP contribution in [0, 0.1) is 0 Å². The lowest BCUT2D eigenvalue weighted by atomic mass is 10.3. The maximum atomic E-state index is 10.6. The fourth-order valence-electron chi connectivity index (χ4n) is 0.690. The topological polar surface area (TPSA) is 57.6 Å². The molecule has 1 aliphatic heterocycles. The van der Waals surface area contributed by atoms with Gasteiger partial charge in [0.2, 0.25) is 0 Å². The van der Waals surface area contributed by atoms with Gasteiger partial charge in [-0.15, -0.1) is 0 Å². The molecular formula is C6H7NO3. The molecule has 0 aromatic heterocycles. The second-order valence-electron chi connectivity index (χ2n) is 1.98. The molecule has 0 aliphatic carbocycles. The van der Waals surface area contributed by atoms with Crippen LogP contribution in [0.2, 0.25) is 0 Å². The summed E-state index contributed by atoms with van der Waals surface area (Å²) < 4.78 is 0. The second-order valence-corrected chi connectivity index (χ2v) is 1.98. The Bertz CT molecular complexity index is 197. The minimum Gasteiger partial charge on any atom is -0.278 e. The zero-order valence-corrected chi connectivity index (χ0v) is 5.28. The van der Waals surface area contributed by atoms with Crippen molar-refractivity contribution in [2.45, 2.75) is 12.8 Å². The molecule has 1 N–H and O–H groups in total. The maximum Gasteiger partial charge on any atom is 0.276 e. The fourth-order valence-corrected chi connectivity index (χ4v) is 0.690. The number of hydrogen-bond donors (Lipinski definition) is 1. The summed E-state index contributed by atoms with van der Waals surface area (Å²) in [4.78, 5) is 21.2. The van der Waals surface area contributed by atoms with Crippen LogP contribution in [0.3, 0.4) is 0 Å². The quantitative estimate of drug-likeness (QED) is 0.384. The predicted molar refractivity (Wildman–Crippen MR) is 32.0 cm³/mol. The van der Waals surface area contributed by atoms with Crippen LogP contribution < -0.4 is 0 Å². The van der Waals surface area contributed by atoms with Crippen LogP contribution in [0.15, 0.2) is 12.2 Å². The van der Waals surface area contributed by atoms with Crippen LogP contribution >= 0.6 is 0 Å². The average molecular weight is 141 g/mol. The first kappa shape index (κ1) is 6.95. The van der Waals surface area contributed by atoms with E-state index >= 15 is 0 Å². The Morgan fingerprint density at radius 2 is 2.20 bits per heavy atom. The van der Waals surface area contributed by atoms with Crippen molar-refractivity contribution in [2.75, 3.05) is 0 Å². The number of hydroxylamine groups is 2. The van der Waals surface area contributed by atoms with Gasteiger partial charge in [-0.25, -0.2) is 0 Å². The number of nitrogens with zero attached hydrogens (tertiary/aromatic N) is 1. The van der Waals surface area contributed by atoms with Crippen LogP contribution in [0.4, 0.5) is 0 Å². The minimum atomic E-state index is -0.664. The first-order chi connectivity index (χ1) is 4.72. The number of rotatable bonds is 0. The van der Waals surface area contributed by atoms with Crippen LogP contribution in [-0.2, 0) is 9.59 Å². The molecule has 0 unspecified atom stereocenters. The Balaban J connectivity index is 2.76. The van der Waals surface area contributed by atoms with E-state index in [1.54, 1.807) is 6.08 Å². The third-order valence-corrected chi connectivity index (χ3v) is 1.23. The lowest BCUT2D eigenvalue weighted by molar-refractivity contribution is -0.174. The van der Waals surface area contributed by atoms with Crippen LogP contribution in [0.25, 0.3) is 0 Å². The summed E-state index contributed by atoms with van der Waals surface area (Å²) in [5.41, 5.74) is 0. The van der Waals surface area contributed by atoms with Crippen molar-refractivity contribution in [2.24, 2.45) is 0 Å². The van der Waals surface area contributed by atoms with Crippen molar-refractivity contribution >= 4 is 11.8 Å². The zero-order chi connectivity index (χ0) is 7.56. The predicted octanol–water partition coefficient (Wildman–Crippen LogP) is 0.0808. The first-order valence-corrected chi connectivity index (χ1v) is 2.94. The van der Waals surface area contributed by atoms with E-state index in [0.717, 1.165) is 0 Å². The van der Waals surface area contributed by atoms with Crippen molar-refractivity contribution < 1.29 is 14.8 Å². The Labute approximate surface area is 57.7 Å². The lowest BCUT2D eigenvalue weighted by Crippen LogP contribution is -2.30. The molecule has 0 bridgehead atoms. The molecule has 0 spiro atoms. The highest BCUT2D eigenvalue weighted by molar-refractivity contribution is 6.00. The number of allylic oxidation sites excluding steroid dienone is 1. The van der Waals surface area contributed by atoms with Crippen LogP contribution in [0.5, 0.6) is 0 Å². The Morgan fingerprint density at radius 1 is 1.50 bits per heavy atom. The summed E-state index contributed by atoms with van der Waals surface area (Å²) in [6.07, 6.45) is 3.46. The summed E-state index contributed by atoms with van der Waals surface area (Å²) in [5.74, 6) is -1.21. The first-order valence-electron chi connectivity index (χ1n) is 2.94. The van der Waals surface area contributed by atoms with Gasteiger partial charge in [-0.1, -0.05) is 6.08 Å².